The molecule has 2 heterocycles. The largest absolute Gasteiger partial charge is 0.479 e. The third kappa shape index (κ3) is 4.92. The van der Waals surface area contributed by atoms with E-state index in [1.54, 1.807) is 0 Å². The van der Waals surface area contributed by atoms with Gasteiger partial charge in [0.1, 0.15) is 11.7 Å². The molecule has 0 radical (unpaired) electrons. The van der Waals surface area contributed by atoms with Gasteiger partial charge in [0.2, 0.25) is 5.60 Å². The van der Waals surface area contributed by atoms with Crippen molar-refractivity contribution in [2.45, 2.75) is 25.5 Å². The smallest absolute Gasteiger partial charge is 0.350 e. The van der Waals surface area contributed by atoms with Crippen LogP contribution in [-0.4, -0.2) is 74.5 Å². The van der Waals surface area contributed by atoms with Crippen LogP contribution in [0.2, 0.25) is 0 Å². The van der Waals surface area contributed by atoms with E-state index >= 15 is 0 Å². The Labute approximate surface area is 161 Å². The number of oxime groups is 1. The molecule has 1 aliphatic rings. The molecule has 1 aromatic heterocycles. The van der Waals surface area contributed by atoms with Crippen LogP contribution in [0.1, 0.15) is 19.5 Å². The van der Waals surface area contributed by atoms with Gasteiger partial charge in [-0.3, -0.25) is 14.4 Å². The van der Waals surface area contributed by atoms with Crippen molar-refractivity contribution in [3.63, 3.8) is 0 Å². The first-order valence-electron chi connectivity index (χ1n) is 7.69. The topological polar surface area (TPSA) is 194 Å². The van der Waals surface area contributed by atoms with Gasteiger partial charge in [-0.1, -0.05) is 5.16 Å². The van der Waals surface area contributed by atoms with Gasteiger partial charge < -0.3 is 26.1 Å². The number of hydrogen-bond donors (Lipinski definition) is 4. The summed E-state index contributed by atoms with van der Waals surface area (Å²) in [5.74, 6) is -4.08. The van der Waals surface area contributed by atoms with Gasteiger partial charge in [0.05, 0.1) is 6.54 Å². The summed E-state index contributed by atoms with van der Waals surface area (Å²) in [6.07, 6.45) is 0. The normalized spacial score (nSPS) is 17.1. The van der Waals surface area contributed by atoms with Crippen molar-refractivity contribution in [3.05, 3.63) is 11.1 Å². The van der Waals surface area contributed by atoms with Crippen molar-refractivity contribution in [1.29, 1.82) is 0 Å². The number of aliphatic carboxylic acids is 2. The molecule has 1 aromatic rings. The zero-order valence-electron chi connectivity index (χ0n) is 14.7. The van der Waals surface area contributed by atoms with E-state index in [1.807, 2.05) is 0 Å². The molecule has 28 heavy (non-hydrogen) atoms. The number of nitrogen functional groups attached to an aromatic ring is 1. The first-order chi connectivity index (χ1) is 13.0. The summed E-state index contributed by atoms with van der Waals surface area (Å²) in [5, 5.41) is 25.9. The van der Waals surface area contributed by atoms with Gasteiger partial charge in [-0.15, -0.1) is 11.3 Å². The van der Waals surface area contributed by atoms with E-state index in [1.165, 1.54) is 19.2 Å². The van der Waals surface area contributed by atoms with Gasteiger partial charge in [-0.2, -0.15) is 0 Å². The molecule has 0 saturated carbocycles. The van der Waals surface area contributed by atoms with Gasteiger partial charge in [0.25, 0.3) is 11.8 Å². The number of nitrogens with two attached hydrogens (primary N) is 1. The summed E-state index contributed by atoms with van der Waals surface area (Å²) in [5.41, 5.74) is 3.48. The van der Waals surface area contributed by atoms with Crippen molar-refractivity contribution in [3.8, 4) is 0 Å². The third-order valence-corrected chi connectivity index (χ3v) is 4.08. The number of carboxylic acid groups (broad SMARTS) is 2. The zero-order chi connectivity index (χ0) is 21.1. The van der Waals surface area contributed by atoms with Gasteiger partial charge in [-0.25, -0.2) is 19.6 Å². The molecule has 0 spiro atoms. The summed E-state index contributed by atoms with van der Waals surface area (Å²) in [7, 11) is 0. The van der Waals surface area contributed by atoms with Crippen LogP contribution in [-0.2, 0) is 28.9 Å². The zero-order valence-corrected chi connectivity index (χ0v) is 15.6. The standard InChI is InChI=1S/C14H17N5O8S/c1-14(2,12(24)25)27-18-9(7-5-28-13(15)17-7)10(22)16-6-3-19(11(6)23)26-4-8(20)21/h5-6H,3-4H2,1-2H3,(H2,15,17)(H,16,22)(H,20,21)(H,24,25)/b18-9-/t6-/m0/s1. The van der Waals surface area contributed by atoms with Gasteiger partial charge in [0.15, 0.2) is 17.5 Å². The predicted molar refractivity (Wildman–Crippen MR) is 93.1 cm³/mol. The molecule has 2 amide bonds. The van der Waals surface area contributed by atoms with Crippen molar-refractivity contribution in [2.24, 2.45) is 5.16 Å². The average molecular weight is 415 g/mol. The summed E-state index contributed by atoms with van der Waals surface area (Å²) in [6, 6.07) is -0.977. The van der Waals surface area contributed by atoms with Crippen molar-refractivity contribution < 1.29 is 39.1 Å². The van der Waals surface area contributed by atoms with Crippen LogP contribution < -0.4 is 11.1 Å². The summed E-state index contributed by atoms with van der Waals surface area (Å²) < 4.78 is 0. The molecule has 1 fully saturated rings. The minimum atomic E-state index is -1.72. The van der Waals surface area contributed by atoms with E-state index in [4.69, 9.17) is 25.6 Å². The second kappa shape index (κ2) is 8.18. The number of anilines is 1. The lowest BCUT2D eigenvalue weighted by Gasteiger charge is -2.36. The lowest BCUT2D eigenvalue weighted by Crippen LogP contribution is -2.64. The highest BCUT2D eigenvalue weighted by molar-refractivity contribution is 7.13. The van der Waals surface area contributed by atoms with E-state index in [9.17, 15) is 19.2 Å². The highest BCUT2D eigenvalue weighted by atomic mass is 32.1. The predicted octanol–water partition coefficient (Wildman–Crippen LogP) is -1.35. The van der Waals surface area contributed by atoms with Crippen LogP contribution in [0.25, 0.3) is 0 Å². The number of hydroxylamine groups is 2. The number of nitrogens with one attached hydrogen (secondary N) is 1. The molecule has 5 N–H and O–H groups in total. The molecule has 0 bridgehead atoms. The number of thiazole rings is 1. The van der Waals surface area contributed by atoms with Crippen molar-refractivity contribution in [1.82, 2.24) is 15.4 Å². The van der Waals surface area contributed by atoms with Gasteiger partial charge in [0, 0.05) is 5.38 Å². The highest BCUT2D eigenvalue weighted by Crippen LogP contribution is 2.16. The van der Waals surface area contributed by atoms with Gasteiger partial charge in [-0.05, 0) is 13.8 Å². The Morgan fingerprint density at radius 3 is 2.64 bits per heavy atom. The van der Waals surface area contributed by atoms with Crippen LogP contribution >= 0.6 is 11.3 Å². The third-order valence-electron chi connectivity index (χ3n) is 3.40. The fourth-order valence-corrected chi connectivity index (χ4v) is 2.33. The minimum Gasteiger partial charge on any atom is -0.479 e. The van der Waals surface area contributed by atoms with E-state index in [2.05, 4.69) is 15.5 Å². The SMILES string of the molecule is CC(C)(O/N=C(\C(=O)N[C@H]1CN(OCC(=O)O)C1=O)c1csc(N)n1)C(=O)O. The molecule has 0 aliphatic carbocycles. The molecule has 0 unspecified atom stereocenters. The number of nitrogens with zero attached hydrogens (tertiary/aromatic N) is 3. The number of β-lactam (4-membered cyclic amide) rings is 1. The van der Waals surface area contributed by atoms with Crippen LogP contribution in [0.3, 0.4) is 0 Å². The molecule has 152 valence electrons. The maximum Gasteiger partial charge on any atom is 0.350 e. The lowest BCUT2D eigenvalue weighted by atomic mass is 10.1. The first kappa shape index (κ1) is 21.0. The molecular weight excluding hydrogens is 398 g/mol. The molecule has 14 heteroatoms. The Balaban J connectivity index is 2.09. The Kier molecular flexibility index (Phi) is 6.15. The maximum atomic E-state index is 12.5. The maximum absolute atomic E-state index is 12.5. The number of rotatable bonds is 9. The summed E-state index contributed by atoms with van der Waals surface area (Å²) >= 11 is 1.02. The average Bonchev–Trinajstić information content (AvgIpc) is 3.02. The Bertz CT molecular complexity index is 835. The summed E-state index contributed by atoms with van der Waals surface area (Å²) in [6.45, 7) is 1.69. The van der Waals surface area contributed by atoms with Crippen LogP contribution in [0.15, 0.2) is 10.5 Å². The number of carbonyl (C=O) groups is 4. The number of carbonyl (C=O) groups excluding carboxylic acids is 2. The van der Waals surface area contributed by atoms with Crippen molar-refractivity contribution in [2.75, 3.05) is 18.9 Å². The molecular formula is C14H17N5O8S. The Hall–Kier alpha value is -3.26. The van der Waals surface area contributed by atoms with Gasteiger partial charge >= 0.3 is 11.9 Å². The number of hydrogen-bond acceptors (Lipinski definition) is 10. The number of carboxylic acids is 2. The second-order valence-corrected chi connectivity index (χ2v) is 6.90. The Morgan fingerprint density at radius 2 is 2.14 bits per heavy atom. The van der Waals surface area contributed by atoms with E-state index < -0.39 is 42.0 Å². The second-order valence-electron chi connectivity index (χ2n) is 6.01. The van der Waals surface area contributed by atoms with Crippen LogP contribution in [0, 0.1) is 0 Å². The molecule has 13 nitrogen and oxygen atoms in total. The monoisotopic (exact) mass is 415 g/mol. The first-order valence-corrected chi connectivity index (χ1v) is 8.57. The lowest BCUT2D eigenvalue weighted by molar-refractivity contribution is -0.216. The van der Waals surface area contributed by atoms with E-state index in [0.29, 0.717) is 0 Å². The summed E-state index contributed by atoms with van der Waals surface area (Å²) in [4.78, 5) is 59.5. The van der Waals surface area contributed by atoms with Crippen LogP contribution in [0.4, 0.5) is 5.13 Å². The Morgan fingerprint density at radius 1 is 1.46 bits per heavy atom. The van der Waals surface area contributed by atoms with E-state index in [0.717, 1.165) is 16.4 Å². The molecule has 1 saturated heterocycles. The highest BCUT2D eigenvalue weighted by Gasteiger charge is 2.40. The van der Waals surface area contributed by atoms with Crippen LogP contribution in [0.5, 0.6) is 0 Å². The number of aromatic nitrogens is 1. The minimum absolute atomic E-state index is 0.0342. The molecule has 0 aromatic carbocycles. The fraction of sp³-hybridized carbons (Fsp3) is 0.429. The van der Waals surface area contributed by atoms with E-state index in [-0.39, 0.29) is 23.1 Å². The van der Waals surface area contributed by atoms with Crippen molar-refractivity contribution >= 4 is 45.9 Å². The number of amides is 2. The molecule has 1 atom stereocenters. The fourth-order valence-electron chi connectivity index (χ4n) is 1.78. The molecule has 2 rings (SSSR count). The quantitative estimate of drug-likeness (QED) is 0.213. The molecule has 1 aliphatic heterocycles.